The predicted octanol–water partition coefficient (Wildman–Crippen LogP) is 2.25. The minimum absolute atomic E-state index is 0.0338. The lowest BCUT2D eigenvalue weighted by Crippen LogP contribution is -2.28. The Morgan fingerprint density at radius 2 is 2.35 bits per heavy atom. The van der Waals surface area contributed by atoms with Crippen LogP contribution in [0.1, 0.15) is 28.8 Å². The average molecular weight is 236 g/mol. The second-order valence-corrected chi connectivity index (χ2v) is 4.24. The van der Waals surface area contributed by atoms with E-state index in [-0.39, 0.29) is 11.7 Å². The third-order valence-electron chi connectivity index (χ3n) is 2.85. The van der Waals surface area contributed by atoms with Crippen LogP contribution < -0.4 is 4.74 Å². The van der Waals surface area contributed by atoms with Crippen LogP contribution in [0, 0.1) is 6.92 Å². The van der Waals surface area contributed by atoms with Gasteiger partial charge in [0.2, 0.25) is 0 Å². The molecule has 1 heterocycles. The molecule has 0 aromatic heterocycles. The summed E-state index contributed by atoms with van der Waals surface area (Å²) in [4.78, 5) is 10.9. The summed E-state index contributed by atoms with van der Waals surface area (Å²) in [6, 6.07) is 4.93. The van der Waals surface area contributed by atoms with Gasteiger partial charge in [-0.05, 0) is 37.5 Å². The van der Waals surface area contributed by atoms with Gasteiger partial charge in [0.05, 0.1) is 12.2 Å². The van der Waals surface area contributed by atoms with E-state index in [2.05, 4.69) is 0 Å². The molecule has 17 heavy (non-hydrogen) atoms. The van der Waals surface area contributed by atoms with Gasteiger partial charge in [0, 0.05) is 6.61 Å². The lowest BCUT2D eigenvalue weighted by atomic mass is 10.1. The zero-order valence-electron chi connectivity index (χ0n) is 9.81. The van der Waals surface area contributed by atoms with Gasteiger partial charge in [-0.1, -0.05) is 6.07 Å². The van der Waals surface area contributed by atoms with Crippen molar-refractivity contribution in [2.24, 2.45) is 0 Å². The van der Waals surface area contributed by atoms with Crippen molar-refractivity contribution < 1.29 is 19.4 Å². The SMILES string of the molecule is Cc1ccc(C(=O)O)cc1OC1CCCOC1. The van der Waals surface area contributed by atoms with Crippen molar-refractivity contribution in [2.75, 3.05) is 13.2 Å². The van der Waals surface area contributed by atoms with Crippen molar-refractivity contribution in [2.45, 2.75) is 25.9 Å². The average Bonchev–Trinajstić information content (AvgIpc) is 2.33. The largest absolute Gasteiger partial charge is 0.488 e. The highest BCUT2D eigenvalue weighted by Gasteiger charge is 2.17. The molecular weight excluding hydrogens is 220 g/mol. The topological polar surface area (TPSA) is 55.8 Å². The van der Waals surface area contributed by atoms with Crippen molar-refractivity contribution in [1.29, 1.82) is 0 Å². The van der Waals surface area contributed by atoms with Crippen LogP contribution in [0.5, 0.6) is 5.75 Å². The number of aromatic carboxylic acids is 1. The van der Waals surface area contributed by atoms with E-state index in [1.165, 1.54) is 0 Å². The van der Waals surface area contributed by atoms with E-state index in [1.54, 1.807) is 18.2 Å². The summed E-state index contributed by atoms with van der Waals surface area (Å²) in [5, 5.41) is 8.93. The second kappa shape index (κ2) is 5.19. The lowest BCUT2D eigenvalue weighted by Gasteiger charge is -2.24. The second-order valence-electron chi connectivity index (χ2n) is 4.24. The maximum absolute atomic E-state index is 10.9. The molecule has 1 unspecified atom stereocenters. The molecule has 2 rings (SSSR count). The molecule has 92 valence electrons. The number of hydrogen-bond acceptors (Lipinski definition) is 3. The van der Waals surface area contributed by atoms with Gasteiger partial charge in [-0.25, -0.2) is 4.79 Å². The summed E-state index contributed by atoms with van der Waals surface area (Å²) >= 11 is 0. The molecule has 1 aromatic rings. The molecular formula is C13H16O4. The van der Waals surface area contributed by atoms with Crippen LogP contribution in [-0.2, 0) is 4.74 Å². The van der Waals surface area contributed by atoms with Crippen LogP contribution in [0.2, 0.25) is 0 Å². The van der Waals surface area contributed by atoms with Gasteiger partial charge in [-0.3, -0.25) is 0 Å². The summed E-state index contributed by atoms with van der Waals surface area (Å²) in [6.07, 6.45) is 1.98. The minimum Gasteiger partial charge on any atom is -0.488 e. The van der Waals surface area contributed by atoms with Crippen LogP contribution in [0.4, 0.5) is 0 Å². The van der Waals surface area contributed by atoms with Crippen LogP contribution in [0.15, 0.2) is 18.2 Å². The molecule has 1 aliphatic heterocycles. The standard InChI is InChI=1S/C13H16O4/c1-9-4-5-10(13(14)15)7-12(9)17-11-3-2-6-16-8-11/h4-5,7,11H,2-3,6,8H2,1H3,(H,14,15). The molecule has 1 aliphatic rings. The molecule has 0 spiro atoms. The molecule has 1 saturated heterocycles. The van der Waals surface area contributed by atoms with Gasteiger partial charge >= 0.3 is 5.97 Å². The van der Waals surface area contributed by atoms with Gasteiger partial charge < -0.3 is 14.6 Å². The Balaban J connectivity index is 2.13. The zero-order valence-corrected chi connectivity index (χ0v) is 9.81. The van der Waals surface area contributed by atoms with E-state index < -0.39 is 5.97 Å². The molecule has 4 heteroatoms. The Kier molecular flexibility index (Phi) is 3.64. The number of carboxylic acids is 1. The Hall–Kier alpha value is -1.55. The van der Waals surface area contributed by atoms with Gasteiger partial charge in [0.25, 0.3) is 0 Å². The number of carboxylic acid groups (broad SMARTS) is 1. The van der Waals surface area contributed by atoms with E-state index in [0.717, 1.165) is 25.0 Å². The number of hydrogen-bond donors (Lipinski definition) is 1. The predicted molar refractivity (Wildman–Crippen MR) is 62.6 cm³/mol. The van der Waals surface area contributed by atoms with Gasteiger partial charge in [0.1, 0.15) is 11.9 Å². The highest BCUT2D eigenvalue weighted by molar-refractivity contribution is 5.88. The minimum atomic E-state index is -0.935. The molecule has 0 bridgehead atoms. The molecule has 0 saturated carbocycles. The Labute approximate surface area is 100 Å². The van der Waals surface area contributed by atoms with Gasteiger partial charge in [-0.15, -0.1) is 0 Å². The molecule has 1 aromatic carbocycles. The molecule has 1 N–H and O–H groups in total. The number of ether oxygens (including phenoxy) is 2. The molecule has 4 nitrogen and oxygen atoms in total. The van der Waals surface area contributed by atoms with E-state index in [4.69, 9.17) is 14.6 Å². The first-order chi connectivity index (χ1) is 8.16. The summed E-state index contributed by atoms with van der Waals surface area (Å²) in [5.74, 6) is -0.296. The number of aryl methyl sites for hydroxylation is 1. The van der Waals surface area contributed by atoms with E-state index >= 15 is 0 Å². The van der Waals surface area contributed by atoms with Crippen molar-refractivity contribution >= 4 is 5.97 Å². The van der Waals surface area contributed by atoms with Crippen molar-refractivity contribution in [1.82, 2.24) is 0 Å². The van der Waals surface area contributed by atoms with Crippen LogP contribution >= 0.6 is 0 Å². The molecule has 0 amide bonds. The molecule has 1 atom stereocenters. The summed E-state index contributed by atoms with van der Waals surface area (Å²) < 4.78 is 11.1. The fourth-order valence-corrected chi connectivity index (χ4v) is 1.84. The van der Waals surface area contributed by atoms with Gasteiger partial charge in [0.15, 0.2) is 0 Å². The number of rotatable bonds is 3. The first-order valence-corrected chi connectivity index (χ1v) is 5.75. The highest BCUT2D eigenvalue weighted by atomic mass is 16.5. The third-order valence-corrected chi connectivity index (χ3v) is 2.85. The molecule has 1 fully saturated rings. The number of benzene rings is 1. The Morgan fingerprint density at radius 3 is 3.00 bits per heavy atom. The molecule has 0 radical (unpaired) electrons. The van der Waals surface area contributed by atoms with Crippen molar-refractivity contribution in [3.8, 4) is 5.75 Å². The smallest absolute Gasteiger partial charge is 0.335 e. The Bertz CT molecular complexity index is 408. The van der Waals surface area contributed by atoms with E-state index in [0.29, 0.717) is 12.4 Å². The first-order valence-electron chi connectivity index (χ1n) is 5.75. The zero-order chi connectivity index (χ0) is 12.3. The maximum atomic E-state index is 10.9. The Morgan fingerprint density at radius 1 is 1.53 bits per heavy atom. The van der Waals surface area contributed by atoms with Crippen LogP contribution in [0.25, 0.3) is 0 Å². The lowest BCUT2D eigenvalue weighted by molar-refractivity contribution is 0.00710. The number of carbonyl (C=O) groups is 1. The van der Waals surface area contributed by atoms with Crippen molar-refractivity contribution in [3.05, 3.63) is 29.3 Å². The third kappa shape index (κ3) is 2.97. The van der Waals surface area contributed by atoms with Crippen LogP contribution in [-0.4, -0.2) is 30.4 Å². The summed E-state index contributed by atoms with van der Waals surface area (Å²) in [6.45, 7) is 3.27. The monoisotopic (exact) mass is 236 g/mol. The van der Waals surface area contributed by atoms with Crippen LogP contribution in [0.3, 0.4) is 0 Å². The fourth-order valence-electron chi connectivity index (χ4n) is 1.84. The highest BCUT2D eigenvalue weighted by Crippen LogP contribution is 2.23. The normalized spacial score (nSPS) is 19.9. The van der Waals surface area contributed by atoms with E-state index in [9.17, 15) is 4.79 Å². The first kappa shape index (κ1) is 11.9. The van der Waals surface area contributed by atoms with Gasteiger partial charge in [-0.2, -0.15) is 0 Å². The molecule has 0 aliphatic carbocycles. The fraction of sp³-hybridized carbons (Fsp3) is 0.462. The summed E-state index contributed by atoms with van der Waals surface area (Å²) in [7, 11) is 0. The van der Waals surface area contributed by atoms with Crippen molar-refractivity contribution in [3.63, 3.8) is 0 Å². The van der Waals surface area contributed by atoms with E-state index in [1.807, 2.05) is 6.92 Å². The summed E-state index contributed by atoms with van der Waals surface area (Å²) in [5.41, 5.74) is 1.20. The maximum Gasteiger partial charge on any atom is 0.335 e. The quantitative estimate of drug-likeness (QED) is 0.874.